The Balaban J connectivity index is 1.55. The minimum Gasteiger partial charge on any atom is -0.481 e. The standard InChI is InChI=1S/C25H30N2O6/c1-25(2,3)27-22(28)15-32-13-16(12-23(29)30)26-24(31)33-14-21-19-10-6-4-8-17(19)18-9-5-7-11-20(18)21/h4-11,16,21H,12-15H2,1-3H3,(H,26,31)(H,27,28)(H,29,30)/t16-/m0/s1. The lowest BCUT2D eigenvalue weighted by molar-refractivity contribution is -0.137. The Hall–Kier alpha value is -3.39. The van der Waals surface area contributed by atoms with Gasteiger partial charge in [-0.3, -0.25) is 9.59 Å². The fourth-order valence-electron chi connectivity index (χ4n) is 3.92. The largest absolute Gasteiger partial charge is 0.481 e. The van der Waals surface area contributed by atoms with Crippen LogP contribution in [0.5, 0.6) is 0 Å². The number of aliphatic carboxylic acids is 1. The van der Waals surface area contributed by atoms with Gasteiger partial charge in [0, 0.05) is 11.5 Å². The van der Waals surface area contributed by atoms with Gasteiger partial charge >= 0.3 is 12.1 Å². The number of carboxylic acid groups (broad SMARTS) is 1. The lowest BCUT2D eigenvalue weighted by Gasteiger charge is -2.21. The molecule has 0 bridgehead atoms. The zero-order chi connectivity index (χ0) is 24.0. The van der Waals surface area contributed by atoms with Gasteiger partial charge < -0.3 is 25.2 Å². The van der Waals surface area contributed by atoms with Crippen molar-refractivity contribution in [2.24, 2.45) is 0 Å². The minimum absolute atomic E-state index is 0.0987. The Morgan fingerprint density at radius 2 is 1.58 bits per heavy atom. The monoisotopic (exact) mass is 454 g/mol. The second-order valence-electron chi connectivity index (χ2n) is 9.08. The molecule has 1 aliphatic carbocycles. The van der Waals surface area contributed by atoms with E-state index in [1.165, 1.54) is 0 Å². The summed E-state index contributed by atoms with van der Waals surface area (Å²) < 4.78 is 10.8. The van der Waals surface area contributed by atoms with Gasteiger partial charge in [0.15, 0.2) is 0 Å². The van der Waals surface area contributed by atoms with Gasteiger partial charge in [0.1, 0.15) is 13.2 Å². The normalized spacial score (nSPS) is 13.5. The van der Waals surface area contributed by atoms with E-state index in [9.17, 15) is 14.4 Å². The highest BCUT2D eigenvalue weighted by Gasteiger charge is 2.29. The van der Waals surface area contributed by atoms with Crippen molar-refractivity contribution < 1.29 is 29.0 Å². The molecule has 1 atom stereocenters. The lowest BCUT2D eigenvalue weighted by atomic mass is 9.98. The maximum Gasteiger partial charge on any atom is 0.407 e. The molecule has 0 saturated carbocycles. The van der Waals surface area contributed by atoms with Gasteiger partial charge in [0.2, 0.25) is 5.91 Å². The molecule has 8 heteroatoms. The molecular weight excluding hydrogens is 424 g/mol. The van der Waals surface area contributed by atoms with E-state index in [0.29, 0.717) is 0 Å². The van der Waals surface area contributed by atoms with Crippen LogP contribution in [0.3, 0.4) is 0 Å². The van der Waals surface area contributed by atoms with Crippen LogP contribution in [0.1, 0.15) is 44.2 Å². The zero-order valence-corrected chi connectivity index (χ0v) is 19.1. The molecule has 1 aliphatic rings. The summed E-state index contributed by atoms with van der Waals surface area (Å²) in [6.07, 6.45) is -1.09. The van der Waals surface area contributed by atoms with E-state index < -0.39 is 23.6 Å². The first-order chi connectivity index (χ1) is 15.6. The first-order valence-corrected chi connectivity index (χ1v) is 10.9. The Morgan fingerprint density at radius 1 is 1.00 bits per heavy atom. The van der Waals surface area contributed by atoms with Crippen LogP contribution in [0.4, 0.5) is 4.79 Å². The third kappa shape index (κ3) is 6.79. The van der Waals surface area contributed by atoms with Crippen LogP contribution in [-0.2, 0) is 19.1 Å². The highest BCUT2D eigenvalue weighted by molar-refractivity contribution is 5.79. The van der Waals surface area contributed by atoms with E-state index in [0.717, 1.165) is 22.3 Å². The van der Waals surface area contributed by atoms with Crippen LogP contribution in [0.25, 0.3) is 11.1 Å². The summed E-state index contributed by atoms with van der Waals surface area (Å²) in [6, 6.07) is 15.2. The van der Waals surface area contributed by atoms with Crippen molar-refractivity contribution in [2.45, 2.75) is 44.7 Å². The second-order valence-corrected chi connectivity index (χ2v) is 9.08. The number of ether oxygens (including phenoxy) is 2. The molecule has 0 fully saturated rings. The van der Waals surface area contributed by atoms with Gasteiger partial charge in [-0.05, 0) is 43.0 Å². The molecule has 0 aliphatic heterocycles. The first kappa shape index (κ1) is 24.3. The van der Waals surface area contributed by atoms with Crippen molar-refractivity contribution in [2.75, 3.05) is 19.8 Å². The number of hydrogen-bond donors (Lipinski definition) is 3. The van der Waals surface area contributed by atoms with Crippen LogP contribution >= 0.6 is 0 Å². The summed E-state index contributed by atoms with van der Waals surface area (Å²) >= 11 is 0. The van der Waals surface area contributed by atoms with Crippen molar-refractivity contribution in [1.82, 2.24) is 10.6 Å². The maximum atomic E-state index is 12.4. The van der Waals surface area contributed by atoms with Crippen molar-refractivity contribution in [3.8, 4) is 11.1 Å². The molecule has 3 rings (SSSR count). The summed E-state index contributed by atoms with van der Waals surface area (Å²) in [5.41, 5.74) is 4.00. The molecule has 0 heterocycles. The second kappa shape index (κ2) is 10.5. The quantitative estimate of drug-likeness (QED) is 0.536. The average molecular weight is 455 g/mol. The van der Waals surface area contributed by atoms with Crippen LogP contribution in [0.2, 0.25) is 0 Å². The summed E-state index contributed by atoms with van der Waals surface area (Å²) in [6.45, 7) is 5.28. The molecule has 2 aromatic carbocycles. The van der Waals surface area contributed by atoms with Gasteiger partial charge in [0.25, 0.3) is 0 Å². The highest BCUT2D eigenvalue weighted by Crippen LogP contribution is 2.44. The molecule has 0 aromatic heterocycles. The van der Waals surface area contributed by atoms with Crippen molar-refractivity contribution in [3.05, 3.63) is 59.7 Å². The number of carboxylic acids is 1. The van der Waals surface area contributed by atoms with Gasteiger partial charge in [-0.15, -0.1) is 0 Å². The summed E-state index contributed by atoms with van der Waals surface area (Å²) in [5, 5.41) is 14.4. The molecular formula is C25H30N2O6. The summed E-state index contributed by atoms with van der Waals surface area (Å²) in [5.74, 6) is -1.52. The smallest absolute Gasteiger partial charge is 0.407 e. The number of fused-ring (bicyclic) bond motifs is 3. The first-order valence-electron chi connectivity index (χ1n) is 10.9. The van der Waals surface area contributed by atoms with Crippen molar-refractivity contribution in [1.29, 1.82) is 0 Å². The molecule has 8 nitrogen and oxygen atoms in total. The molecule has 3 N–H and O–H groups in total. The van der Waals surface area contributed by atoms with Crippen LogP contribution in [0, 0.1) is 0 Å². The number of hydrogen-bond acceptors (Lipinski definition) is 5. The molecule has 0 saturated heterocycles. The van der Waals surface area contributed by atoms with Gasteiger partial charge in [0.05, 0.1) is 19.1 Å². The van der Waals surface area contributed by atoms with E-state index >= 15 is 0 Å². The Labute approximate surface area is 193 Å². The highest BCUT2D eigenvalue weighted by atomic mass is 16.5. The number of nitrogens with one attached hydrogen (secondary N) is 2. The molecule has 0 spiro atoms. The predicted molar refractivity (Wildman–Crippen MR) is 123 cm³/mol. The molecule has 2 aromatic rings. The van der Waals surface area contributed by atoms with Gasteiger partial charge in [-0.1, -0.05) is 48.5 Å². The van der Waals surface area contributed by atoms with E-state index in [4.69, 9.17) is 14.6 Å². The fraction of sp³-hybridized carbons (Fsp3) is 0.400. The summed E-state index contributed by atoms with van der Waals surface area (Å²) in [7, 11) is 0. The van der Waals surface area contributed by atoms with Gasteiger partial charge in [-0.2, -0.15) is 0 Å². The molecule has 2 amide bonds. The fourth-order valence-corrected chi connectivity index (χ4v) is 3.92. The minimum atomic E-state index is -1.10. The van der Waals surface area contributed by atoms with Gasteiger partial charge in [-0.25, -0.2) is 4.79 Å². The molecule has 0 unspecified atom stereocenters. The number of benzene rings is 2. The number of carbonyl (C=O) groups is 3. The maximum absolute atomic E-state index is 12.4. The number of alkyl carbamates (subject to hydrolysis) is 1. The predicted octanol–water partition coefficient (Wildman–Crippen LogP) is 3.30. The zero-order valence-electron chi connectivity index (χ0n) is 19.1. The van der Waals surface area contributed by atoms with Crippen molar-refractivity contribution >= 4 is 18.0 Å². The molecule has 33 heavy (non-hydrogen) atoms. The van der Waals surface area contributed by atoms with E-state index in [1.54, 1.807) is 0 Å². The Kier molecular flexibility index (Phi) is 7.71. The SMILES string of the molecule is CC(C)(C)NC(=O)COC[C@H](CC(=O)O)NC(=O)OCC1c2ccccc2-c2ccccc21. The van der Waals surface area contributed by atoms with Crippen molar-refractivity contribution in [3.63, 3.8) is 0 Å². The Morgan fingerprint density at radius 3 is 2.12 bits per heavy atom. The van der Waals surface area contributed by atoms with E-state index in [1.807, 2.05) is 69.3 Å². The average Bonchev–Trinajstić information content (AvgIpc) is 3.04. The topological polar surface area (TPSA) is 114 Å². The number of amides is 2. The van der Waals surface area contributed by atoms with E-state index in [2.05, 4.69) is 10.6 Å². The number of carbonyl (C=O) groups excluding carboxylic acids is 2. The van der Waals surface area contributed by atoms with Crippen LogP contribution in [-0.4, -0.2) is 54.5 Å². The lowest BCUT2D eigenvalue weighted by Crippen LogP contribution is -2.44. The number of rotatable bonds is 9. The van der Waals surface area contributed by atoms with Crippen LogP contribution < -0.4 is 10.6 Å². The summed E-state index contributed by atoms with van der Waals surface area (Å²) in [4.78, 5) is 35.5. The molecule has 0 radical (unpaired) electrons. The Bertz CT molecular complexity index is 968. The third-order valence-corrected chi connectivity index (χ3v) is 5.15. The third-order valence-electron chi connectivity index (χ3n) is 5.15. The molecule has 176 valence electrons. The van der Waals surface area contributed by atoms with Crippen LogP contribution in [0.15, 0.2) is 48.5 Å². The van der Waals surface area contributed by atoms with E-state index in [-0.39, 0.29) is 38.1 Å².